The van der Waals surface area contributed by atoms with Crippen molar-refractivity contribution in [3.63, 3.8) is 0 Å². The van der Waals surface area contributed by atoms with Gasteiger partial charge in [0.15, 0.2) is 0 Å². The lowest BCUT2D eigenvalue weighted by Gasteiger charge is -2.13. The van der Waals surface area contributed by atoms with Crippen molar-refractivity contribution in [3.05, 3.63) is 0 Å². The zero-order valence-electron chi connectivity index (χ0n) is 7.93. The van der Waals surface area contributed by atoms with Gasteiger partial charge in [-0.25, -0.2) is 0 Å². The number of hydrogen-bond donors (Lipinski definition) is 2. The largest absolute Gasteiger partial charge is 0.400 e. The van der Waals surface area contributed by atoms with Crippen LogP contribution in [0.5, 0.6) is 0 Å². The molecule has 1 saturated carbocycles. The Morgan fingerprint density at radius 2 is 2.00 bits per heavy atom. The fourth-order valence-corrected chi connectivity index (χ4v) is 1.79. The quantitative estimate of drug-likeness (QED) is 0.635. The molecule has 2 nitrogen and oxygen atoms in total. The molecule has 0 aromatic heterocycles. The van der Waals surface area contributed by atoms with Gasteiger partial charge in [-0.15, -0.1) is 0 Å². The molecule has 1 aliphatic carbocycles. The van der Waals surface area contributed by atoms with Gasteiger partial charge in [0.25, 0.3) is 0 Å². The minimum Gasteiger partial charge on any atom is -0.400 e. The van der Waals surface area contributed by atoms with Crippen molar-refractivity contribution in [2.45, 2.75) is 26.2 Å². The summed E-state index contributed by atoms with van der Waals surface area (Å²) >= 11 is 0. The molecule has 0 heterocycles. The predicted octanol–water partition coefficient (Wildman–Crippen LogP) is 1.25. The Hall–Kier alpha value is -0.0800. The van der Waals surface area contributed by atoms with Crippen LogP contribution in [0.25, 0.3) is 0 Å². The van der Waals surface area contributed by atoms with Gasteiger partial charge in [0, 0.05) is 7.11 Å². The molecule has 0 spiro atoms. The van der Waals surface area contributed by atoms with Crippen LogP contribution < -0.4 is 5.32 Å². The van der Waals surface area contributed by atoms with E-state index in [4.69, 9.17) is 5.11 Å². The van der Waals surface area contributed by atoms with E-state index in [1.54, 1.807) is 0 Å². The molecule has 0 bridgehead atoms. The number of aliphatic hydroxyl groups is 1. The van der Waals surface area contributed by atoms with Crippen molar-refractivity contribution >= 4 is 0 Å². The Morgan fingerprint density at radius 3 is 2.36 bits per heavy atom. The summed E-state index contributed by atoms with van der Waals surface area (Å²) in [5, 5.41) is 10.2. The average molecular weight is 159 g/mol. The molecule has 1 fully saturated rings. The SMILES string of the molecule is CNC[C@@H]1CCCC1C.CO. The Morgan fingerprint density at radius 1 is 1.36 bits per heavy atom. The van der Waals surface area contributed by atoms with E-state index >= 15 is 0 Å². The molecule has 2 atom stereocenters. The smallest absolute Gasteiger partial charge is 0.0319 e. The van der Waals surface area contributed by atoms with E-state index in [0.29, 0.717) is 0 Å². The Bertz CT molecular complexity index is 85.6. The third-order valence-electron chi connectivity index (χ3n) is 2.51. The topological polar surface area (TPSA) is 32.3 Å². The normalized spacial score (nSPS) is 29.5. The van der Waals surface area contributed by atoms with E-state index in [1.807, 2.05) is 7.05 Å². The summed E-state index contributed by atoms with van der Waals surface area (Å²) < 4.78 is 0. The number of hydrogen-bond acceptors (Lipinski definition) is 2. The lowest BCUT2D eigenvalue weighted by molar-refractivity contribution is 0.399. The third-order valence-corrected chi connectivity index (χ3v) is 2.51. The summed E-state index contributed by atoms with van der Waals surface area (Å²) in [6.07, 6.45) is 4.35. The molecule has 2 N–H and O–H groups in total. The van der Waals surface area contributed by atoms with Crippen LogP contribution in [0.15, 0.2) is 0 Å². The highest BCUT2D eigenvalue weighted by molar-refractivity contribution is 4.74. The summed E-state index contributed by atoms with van der Waals surface area (Å²) in [5.74, 6) is 1.94. The molecule has 1 rings (SSSR count). The van der Waals surface area contributed by atoms with E-state index in [-0.39, 0.29) is 0 Å². The maximum atomic E-state index is 7.00. The molecule has 0 radical (unpaired) electrons. The minimum absolute atomic E-state index is 0.968. The van der Waals surface area contributed by atoms with Crippen LogP contribution in [0.2, 0.25) is 0 Å². The number of aliphatic hydroxyl groups excluding tert-OH is 1. The Balaban J connectivity index is 0.000000461. The number of rotatable bonds is 2. The van der Waals surface area contributed by atoms with Crippen LogP contribution in [0.4, 0.5) is 0 Å². The molecular formula is C9H21NO. The van der Waals surface area contributed by atoms with Crippen LogP contribution in [0.1, 0.15) is 26.2 Å². The van der Waals surface area contributed by atoms with E-state index in [9.17, 15) is 0 Å². The zero-order chi connectivity index (χ0) is 8.69. The first kappa shape index (κ1) is 10.9. The standard InChI is InChI=1S/C8H17N.CH4O/c1-7-4-3-5-8(7)6-9-2;1-2/h7-9H,3-6H2,1-2H3;2H,1H3/t7?,8-;/m0./s1. The highest BCUT2D eigenvalue weighted by atomic mass is 16.2. The lowest BCUT2D eigenvalue weighted by atomic mass is 9.98. The van der Waals surface area contributed by atoms with Gasteiger partial charge in [-0.1, -0.05) is 19.8 Å². The maximum Gasteiger partial charge on any atom is 0.0319 e. The second-order valence-corrected chi connectivity index (χ2v) is 3.23. The molecule has 0 saturated heterocycles. The highest BCUT2D eigenvalue weighted by Crippen LogP contribution is 2.30. The van der Waals surface area contributed by atoms with Gasteiger partial charge in [0.2, 0.25) is 0 Å². The van der Waals surface area contributed by atoms with Crippen LogP contribution in [0.3, 0.4) is 0 Å². The molecule has 2 heteroatoms. The fourth-order valence-electron chi connectivity index (χ4n) is 1.79. The minimum atomic E-state index is 0.968. The maximum absolute atomic E-state index is 7.00. The predicted molar refractivity (Wildman–Crippen MR) is 48.6 cm³/mol. The second kappa shape index (κ2) is 6.62. The summed E-state index contributed by atoms with van der Waals surface area (Å²) in [6.45, 7) is 3.59. The fraction of sp³-hybridized carbons (Fsp3) is 1.00. The van der Waals surface area contributed by atoms with Gasteiger partial charge in [-0.2, -0.15) is 0 Å². The van der Waals surface area contributed by atoms with E-state index in [1.165, 1.54) is 25.8 Å². The van der Waals surface area contributed by atoms with Crippen molar-refractivity contribution in [1.29, 1.82) is 0 Å². The Kier molecular flexibility index (Phi) is 6.57. The van der Waals surface area contributed by atoms with Gasteiger partial charge < -0.3 is 10.4 Å². The molecular weight excluding hydrogens is 138 g/mol. The van der Waals surface area contributed by atoms with E-state index < -0.39 is 0 Å². The number of nitrogens with one attached hydrogen (secondary N) is 1. The van der Waals surface area contributed by atoms with Gasteiger partial charge in [0.05, 0.1) is 0 Å². The zero-order valence-corrected chi connectivity index (χ0v) is 7.93. The van der Waals surface area contributed by atoms with Crippen molar-refractivity contribution in [1.82, 2.24) is 5.32 Å². The molecule has 0 aromatic rings. The molecule has 0 aromatic carbocycles. The van der Waals surface area contributed by atoms with Gasteiger partial charge in [-0.3, -0.25) is 0 Å². The molecule has 68 valence electrons. The molecule has 1 unspecified atom stereocenters. The van der Waals surface area contributed by atoms with Gasteiger partial charge >= 0.3 is 0 Å². The van der Waals surface area contributed by atoms with Crippen molar-refractivity contribution in [2.24, 2.45) is 11.8 Å². The first-order chi connectivity index (χ1) is 5.34. The summed E-state index contributed by atoms with van der Waals surface area (Å²) in [4.78, 5) is 0. The second-order valence-electron chi connectivity index (χ2n) is 3.23. The van der Waals surface area contributed by atoms with Crippen LogP contribution in [-0.2, 0) is 0 Å². The van der Waals surface area contributed by atoms with E-state index in [0.717, 1.165) is 18.9 Å². The summed E-state index contributed by atoms with van der Waals surface area (Å²) in [5.41, 5.74) is 0. The average Bonchev–Trinajstić information content (AvgIpc) is 2.42. The Labute approximate surface area is 70.0 Å². The van der Waals surface area contributed by atoms with Gasteiger partial charge in [-0.05, 0) is 31.8 Å². The lowest BCUT2D eigenvalue weighted by Crippen LogP contribution is -2.20. The van der Waals surface area contributed by atoms with Crippen molar-refractivity contribution in [3.8, 4) is 0 Å². The molecule has 0 aliphatic heterocycles. The summed E-state index contributed by atoms with van der Waals surface area (Å²) in [6, 6.07) is 0. The van der Waals surface area contributed by atoms with Crippen molar-refractivity contribution < 1.29 is 5.11 Å². The van der Waals surface area contributed by atoms with Crippen LogP contribution in [-0.4, -0.2) is 25.8 Å². The molecule has 11 heavy (non-hydrogen) atoms. The molecule has 1 aliphatic rings. The summed E-state index contributed by atoms with van der Waals surface area (Å²) in [7, 11) is 3.05. The highest BCUT2D eigenvalue weighted by Gasteiger charge is 2.21. The monoisotopic (exact) mass is 159 g/mol. The van der Waals surface area contributed by atoms with Crippen molar-refractivity contribution in [2.75, 3.05) is 20.7 Å². The molecule has 0 amide bonds. The van der Waals surface area contributed by atoms with E-state index in [2.05, 4.69) is 12.2 Å². The van der Waals surface area contributed by atoms with Crippen LogP contribution >= 0.6 is 0 Å². The third kappa shape index (κ3) is 3.73. The van der Waals surface area contributed by atoms with Gasteiger partial charge in [0.1, 0.15) is 0 Å². The first-order valence-electron chi connectivity index (χ1n) is 4.44. The first-order valence-corrected chi connectivity index (χ1v) is 4.44. The van der Waals surface area contributed by atoms with Crippen LogP contribution in [0, 0.1) is 11.8 Å².